The minimum absolute atomic E-state index is 0.0278. The third-order valence-corrected chi connectivity index (χ3v) is 2.15. The topological polar surface area (TPSA) is 30.0 Å². The summed E-state index contributed by atoms with van der Waals surface area (Å²) in [6, 6.07) is 1.11. The van der Waals surface area contributed by atoms with Gasteiger partial charge < -0.3 is 0 Å². The van der Waals surface area contributed by atoms with Crippen LogP contribution < -0.4 is 0 Å². The summed E-state index contributed by atoms with van der Waals surface area (Å²) in [4.78, 5) is 13.9. The summed E-state index contributed by atoms with van der Waals surface area (Å²) in [5, 5.41) is 0.304. The normalized spacial score (nSPS) is 10.5. The third kappa shape index (κ3) is 2.30. The molecule has 1 heterocycles. The molecule has 0 amide bonds. The van der Waals surface area contributed by atoms with Crippen molar-refractivity contribution in [3.8, 4) is 0 Å². The van der Waals surface area contributed by atoms with Gasteiger partial charge in [-0.1, -0.05) is 15.9 Å². The van der Waals surface area contributed by atoms with E-state index >= 15 is 0 Å². The number of alkyl halides is 3. The minimum Gasteiger partial charge on any atom is -0.296 e. The van der Waals surface area contributed by atoms with Crippen LogP contribution in [0.2, 0.25) is 0 Å². The summed E-state index contributed by atoms with van der Waals surface area (Å²) in [5.74, 6) is 0. The Morgan fingerprint density at radius 2 is 2.31 bits per heavy atom. The second kappa shape index (κ2) is 4.41. The van der Waals surface area contributed by atoms with Gasteiger partial charge in [0.1, 0.15) is 5.69 Å². The molecule has 0 radical (unpaired) electrons. The van der Waals surface area contributed by atoms with Crippen molar-refractivity contribution in [3.63, 3.8) is 0 Å². The molecule has 0 bridgehead atoms. The van der Waals surface area contributed by atoms with E-state index in [2.05, 4.69) is 20.9 Å². The largest absolute Gasteiger partial charge is 0.296 e. The van der Waals surface area contributed by atoms with Crippen molar-refractivity contribution in [2.24, 2.45) is 0 Å². The number of pyridine rings is 1. The van der Waals surface area contributed by atoms with Crippen molar-refractivity contribution >= 4 is 22.2 Å². The fourth-order valence-electron chi connectivity index (χ4n) is 0.896. The van der Waals surface area contributed by atoms with Gasteiger partial charge in [0.25, 0.3) is 6.43 Å². The van der Waals surface area contributed by atoms with Gasteiger partial charge in [0.15, 0.2) is 6.29 Å². The summed E-state index contributed by atoms with van der Waals surface area (Å²) in [5.41, 5.74) is 0.287. The highest BCUT2D eigenvalue weighted by Crippen LogP contribution is 2.24. The number of aromatic nitrogens is 1. The van der Waals surface area contributed by atoms with E-state index < -0.39 is 6.43 Å². The fraction of sp³-hybridized carbons (Fsp3) is 0.250. The molecule has 0 spiro atoms. The number of nitrogens with zero attached hydrogens (tertiary/aromatic N) is 1. The molecule has 0 N–H and O–H groups in total. The van der Waals surface area contributed by atoms with Crippen molar-refractivity contribution in [1.82, 2.24) is 4.98 Å². The Morgan fingerprint density at radius 1 is 1.62 bits per heavy atom. The number of halogens is 3. The molecule has 0 unspecified atom stereocenters. The first-order valence-corrected chi connectivity index (χ1v) is 4.59. The molecule has 1 aromatic rings. The summed E-state index contributed by atoms with van der Waals surface area (Å²) in [6.45, 7) is 0. The molecule has 1 aromatic heterocycles. The first kappa shape index (κ1) is 10.2. The number of aldehydes is 1. The van der Waals surface area contributed by atoms with Gasteiger partial charge in [-0.15, -0.1) is 0 Å². The van der Waals surface area contributed by atoms with E-state index in [9.17, 15) is 13.6 Å². The summed E-state index contributed by atoms with van der Waals surface area (Å²) >= 11 is 3.06. The maximum Gasteiger partial charge on any atom is 0.264 e. The zero-order valence-electron chi connectivity index (χ0n) is 6.51. The van der Waals surface area contributed by atoms with E-state index in [1.807, 2.05) is 0 Å². The molecule has 0 aliphatic carbocycles. The number of hydrogen-bond acceptors (Lipinski definition) is 2. The van der Waals surface area contributed by atoms with E-state index in [4.69, 9.17) is 0 Å². The molecule has 0 aromatic carbocycles. The van der Waals surface area contributed by atoms with Crippen LogP contribution in [0.5, 0.6) is 0 Å². The Bertz CT molecular complexity index is 317. The molecule has 0 aliphatic heterocycles. The monoisotopic (exact) mass is 249 g/mol. The summed E-state index contributed by atoms with van der Waals surface area (Å²) in [6.07, 6.45) is -0.849. The fourth-order valence-corrected chi connectivity index (χ4v) is 1.36. The van der Waals surface area contributed by atoms with Crippen LogP contribution in [-0.4, -0.2) is 11.3 Å². The SMILES string of the molecule is O=Cc1cc(C(F)F)c(CBr)cn1. The second-order valence-electron chi connectivity index (χ2n) is 2.36. The van der Waals surface area contributed by atoms with Crippen LogP contribution >= 0.6 is 15.9 Å². The van der Waals surface area contributed by atoms with E-state index in [0.29, 0.717) is 17.2 Å². The lowest BCUT2D eigenvalue weighted by Crippen LogP contribution is -1.97. The van der Waals surface area contributed by atoms with Crippen LogP contribution in [0.3, 0.4) is 0 Å². The predicted octanol–water partition coefficient (Wildman–Crippen LogP) is 2.73. The van der Waals surface area contributed by atoms with Crippen LogP contribution in [0, 0.1) is 0 Å². The Hall–Kier alpha value is -0.840. The average molecular weight is 250 g/mol. The van der Waals surface area contributed by atoms with Gasteiger partial charge in [-0.3, -0.25) is 9.78 Å². The average Bonchev–Trinajstić information content (AvgIpc) is 2.16. The van der Waals surface area contributed by atoms with Crippen molar-refractivity contribution in [1.29, 1.82) is 0 Å². The highest BCUT2D eigenvalue weighted by Gasteiger charge is 2.13. The second-order valence-corrected chi connectivity index (χ2v) is 2.92. The molecule has 70 valence electrons. The van der Waals surface area contributed by atoms with Crippen LogP contribution in [0.25, 0.3) is 0 Å². The number of hydrogen-bond donors (Lipinski definition) is 0. The Labute approximate surface area is 82.1 Å². The van der Waals surface area contributed by atoms with Crippen LogP contribution in [-0.2, 0) is 5.33 Å². The van der Waals surface area contributed by atoms with Crippen molar-refractivity contribution in [2.75, 3.05) is 0 Å². The lowest BCUT2D eigenvalue weighted by atomic mass is 10.1. The van der Waals surface area contributed by atoms with Gasteiger partial charge in [0.2, 0.25) is 0 Å². The summed E-state index contributed by atoms with van der Waals surface area (Å²) in [7, 11) is 0. The van der Waals surface area contributed by atoms with Crippen molar-refractivity contribution < 1.29 is 13.6 Å². The van der Waals surface area contributed by atoms with Crippen molar-refractivity contribution in [2.45, 2.75) is 11.8 Å². The third-order valence-electron chi connectivity index (χ3n) is 1.54. The van der Waals surface area contributed by atoms with E-state index in [1.165, 1.54) is 6.20 Å². The minimum atomic E-state index is -2.57. The molecule has 0 fully saturated rings. The zero-order chi connectivity index (χ0) is 9.84. The predicted molar refractivity (Wildman–Crippen MR) is 47.2 cm³/mol. The van der Waals surface area contributed by atoms with Gasteiger partial charge in [0.05, 0.1) is 0 Å². The molecular formula is C8H6BrF2NO. The maximum atomic E-state index is 12.4. The molecule has 2 nitrogen and oxygen atoms in total. The maximum absolute atomic E-state index is 12.4. The Balaban J connectivity index is 3.17. The van der Waals surface area contributed by atoms with E-state index in [-0.39, 0.29) is 11.3 Å². The van der Waals surface area contributed by atoms with Crippen LogP contribution in [0.15, 0.2) is 12.3 Å². The quantitative estimate of drug-likeness (QED) is 0.609. The van der Waals surface area contributed by atoms with Crippen LogP contribution in [0.4, 0.5) is 8.78 Å². The molecule has 13 heavy (non-hydrogen) atoms. The van der Waals surface area contributed by atoms with E-state index in [1.54, 1.807) is 0 Å². The number of carbonyl (C=O) groups is 1. The highest BCUT2D eigenvalue weighted by atomic mass is 79.9. The van der Waals surface area contributed by atoms with Gasteiger partial charge in [-0.25, -0.2) is 8.78 Å². The molecule has 5 heteroatoms. The van der Waals surface area contributed by atoms with Gasteiger partial charge in [-0.2, -0.15) is 0 Å². The molecule has 0 saturated carbocycles. The molecule has 1 rings (SSSR count). The first-order valence-electron chi connectivity index (χ1n) is 3.47. The number of rotatable bonds is 3. The molecule has 0 atom stereocenters. The van der Waals surface area contributed by atoms with Gasteiger partial charge in [0, 0.05) is 17.1 Å². The molecule has 0 aliphatic rings. The first-order chi connectivity index (χ1) is 6.19. The Morgan fingerprint density at radius 3 is 2.77 bits per heavy atom. The van der Waals surface area contributed by atoms with Crippen LogP contribution in [0.1, 0.15) is 28.0 Å². The molecular weight excluding hydrogens is 244 g/mol. The zero-order valence-corrected chi connectivity index (χ0v) is 8.09. The Kier molecular flexibility index (Phi) is 3.48. The lowest BCUT2D eigenvalue weighted by molar-refractivity contribution is 0.111. The summed E-state index contributed by atoms with van der Waals surface area (Å²) < 4.78 is 24.7. The van der Waals surface area contributed by atoms with Crippen molar-refractivity contribution in [3.05, 3.63) is 29.1 Å². The lowest BCUT2D eigenvalue weighted by Gasteiger charge is -2.05. The van der Waals surface area contributed by atoms with E-state index in [0.717, 1.165) is 6.07 Å². The smallest absolute Gasteiger partial charge is 0.264 e. The standard InChI is InChI=1S/C8H6BrF2NO/c9-2-5-3-12-6(4-13)1-7(5)8(10)11/h1,3-4,8H,2H2. The van der Waals surface area contributed by atoms with Gasteiger partial charge in [-0.05, 0) is 11.6 Å². The highest BCUT2D eigenvalue weighted by molar-refractivity contribution is 9.08. The molecule has 0 saturated heterocycles. The van der Waals surface area contributed by atoms with Gasteiger partial charge >= 0.3 is 0 Å². The number of carbonyl (C=O) groups excluding carboxylic acids is 1.